The number of aryl methyl sites for hydroxylation is 1. The molecule has 0 radical (unpaired) electrons. The van der Waals surface area contributed by atoms with Crippen LogP contribution in [0.25, 0.3) is 22.4 Å². The third-order valence-corrected chi connectivity index (χ3v) is 4.20. The first-order valence-electron chi connectivity index (χ1n) is 7.23. The van der Waals surface area contributed by atoms with Gasteiger partial charge in [0, 0.05) is 24.8 Å². The highest BCUT2D eigenvalue weighted by molar-refractivity contribution is 5.83. The van der Waals surface area contributed by atoms with E-state index in [1.165, 1.54) is 17.3 Å². The minimum absolute atomic E-state index is 0.266. The molecule has 0 amide bonds. The van der Waals surface area contributed by atoms with Crippen molar-refractivity contribution in [3.63, 3.8) is 0 Å². The Bertz CT molecular complexity index is 835. The predicted octanol–water partition coefficient (Wildman–Crippen LogP) is 3.74. The van der Waals surface area contributed by atoms with Crippen LogP contribution in [0.5, 0.6) is 0 Å². The van der Waals surface area contributed by atoms with Crippen LogP contribution in [0.4, 0.5) is 10.1 Å². The molecule has 0 saturated heterocycles. The summed E-state index contributed by atoms with van der Waals surface area (Å²) in [6, 6.07) is 11.3. The van der Waals surface area contributed by atoms with E-state index in [2.05, 4.69) is 22.4 Å². The topological polar surface area (TPSA) is 29.9 Å². The molecule has 4 rings (SSSR count). The molecule has 4 heteroatoms. The zero-order valence-corrected chi connectivity index (χ0v) is 11.9. The van der Waals surface area contributed by atoms with Crippen molar-refractivity contribution in [1.29, 1.82) is 0 Å². The van der Waals surface area contributed by atoms with Crippen LogP contribution in [0.1, 0.15) is 12.0 Å². The maximum atomic E-state index is 13.9. The van der Waals surface area contributed by atoms with Crippen LogP contribution in [0.2, 0.25) is 0 Å². The number of anilines is 1. The first-order valence-corrected chi connectivity index (χ1v) is 7.23. The van der Waals surface area contributed by atoms with Gasteiger partial charge in [-0.25, -0.2) is 9.37 Å². The fourth-order valence-corrected chi connectivity index (χ4v) is 3.14. The molecule has 0 saturated carbocycles. The smallest absolute Gasteiger partial charge is 0.151 e. The van der Waals surface area contributed by atoms with Gasteiger partial charge in [-0.15, -0.1) is 0 Å². The number of benzene rings is 2. The lowest BCUT2D eigenvalue weighted by molar-refractivity contribution is 0.637. The molecule has 3 aromatic rings. The third kappa shape index (κ3) is 1.82. The predicted molar refractivity (Wildman–Crippen MR) is 82.9 cm³/mol. The number of halogens is 1. The molecule has 1 aliphatic rings. The molecule has 2 heterocycles. The quantitative estimate of drug-likeness (QED) is 0.736. The Labute approximate surface area is 122 Å². The molecule has 21 heavy (non-hydrogen) atoms. The van der Waals surface area contributed by atoms with E-state index in [0.29, 0.717) is 5.52 Å². The third-order valence-electron chi connectivity index (χ3n) is 4.20. The molecule has 3 nitrogen and oxygen atoms in total. The highest BCUT2D eigenvalue weighted by Crippen LogP contribution is 2.33. The van der Waals surface area contributed by atoms with Crippen molar-refractivity contribution in [2.45, 2.75) is 12.8 Å². The number of rotatable bonds is 1. The van der Waals surface area contributed by atoms with Crippen LogP contribution in [0.15, 0.2) is 36.4 Å². The summed E-state index contributed by atoms with van der Waals surface area (Å²) in [5.41, 5.74) is 4.81. The molecule has 106 valence electrons. The average molecular weight is 281 g/mol. The van der Waals surface area contributed by atoms with Crippen molar-refractivity contribution in [1.82, 2.24) is 9.55 Å². The maximum absolute atomic E-state index is 13.9. The number of nitrogens with zero attached hydrogens (tertiary/aromatic N) is 2. The standard InChI is InChI=1S/C17H16FN3/c1-21-15-9-3-7-13(18)16(15)20-17(21)12-5-2-8-14-11(12)6-4-10-19-14/h2-3,5,7-9,19H,4,6,10H2,1H3. The largest absolute Gasteiger partial charge is 0.385 e. The second kappa shape index (κ2) is 4.58. The number of para-hydroxylation sites is 1. The molecular weight excluding hydrogens is 265 g/mol. The van der Waals surface area contributed by atoms with Gasteiger partial charge in [0.25, 0.3) is 0 Å². The van der Waals surface area contributed by atoms with Gasteiger partial charge in [-0.2, -0.15) is 0 Å². The van der Waals surface area contributed by atoms with Crippen LogP contribution in [0, 0.1) is 5.82 Å². The van der Waals surface area contributed by atoms with E-state index >= 15 is 0 Å². The Balaban J connectivity index is 1.99. The van der Waals surface area contributed by atoms with E-state index < -0.39 is 0 Å². The second-order valence-corrected chi connectivity index (χ2v) is 5.46. The first-order chi connectivity index (χ1) is 10.3. The molecule has 1 aromatic heterocycles. The summed E-state index contributed by atoms with van der Waals surface area (Å²) >= 11 is 0. The fraction of sp³-hybridized carbons (Fsp3) is 0.235. The van der Waals surface area contributed by atoms with Crippen molar-refractivity contribution in [3.05, 3.63) is 47.8 Å². The number of fused-ring (bicyclic) bond motifs is 2. The van der Waals surface area contributed by atoms with Gasteiger partial charge in [-0.3, -0.25) is 0 Å². The van der Waals surface area contributed by atoms with Gasteiger partial charge in [0.1, 0.15) is 11.3 Å². The summed E-state index contributed by atoms with van der Waals surface area (Å²) in [5.74, 6) is 0.563. The van der Waals surface area contributed by atoms with E-state index in [1.807, 2.05) is 23.7 Å². The van der Waals surface area contributed by atoms with Crippen LogP contribution in [-0.2, 0) is 13.5 Å². The Morgan fingerprint density at radius 1 is 1.19 bits per heavy atom. The van der Waals surface area contributed by atoms with E-state index in [1.54, 1.807) is 6.07 Å². The summed E-state index contributed by atoms with van der Waals surface area (Å²) < 4.78 is 15.9. The molecule has 0 unspecified atom stereocenters. The summed E-state index contributed by atoms with van der Waals surface area (Å²) in [7, 11) is 1.94. The molecule has 0 atom stereocenters. The molecule has 0 bridgehead atoms. The van der Waals surface area contributed by atoms with E-state index in [0.717, 1.165) is 36.3 Å². The number of nitrogens with one attached hydrogen (secondary N) is 1. The maximum Gasteiger partial charge on any atom is 0.151 e. The number of imidazole rings is 1. The van der Waals surface area contributed by atoms with Gasteiger partial charge in [0.15, 0.2) is 5.82 Å². The lowest BCUT2D eigenvalue weighted by Crippen LogP contribution is -2.13. The lowest BCUT2D eigenvalue weighted by Gasteiger charge is -2.20. The van der Waals surface area contributed by atoms with Gasteiger partial charge in [0.05, 0.1) is 5.52 Å². The number of hydrogen-bond donors (Lipinski definition) is 1. The van der Waals surface area contributed by atoms with Gasteiger partial charge < -0.3 is 9.88 Å². The highest BCUT2D eigenvalue weighted by atomic mass is 19.1. The highest BCUT2D eigenvalue weighted by Gasteiger charge is 2.18. The summed E-state index contributed by atoms with van der Waals surface area (Å²) in [5, 5.41) is 3.43. The van der Waals surface area contributed by atoms with Crippen molar-refractivity contribution >= 4 is 16.7 Å². The van der Waals surface area contributed by atoms with E-state index in [-0.39, 0.29) is 5.82 Å². The summed E-state index contributed by atoms with van der Waals surface area (Å²) in [6.45, 7) is 1.01. The number of aromatic nitrogens is 2. The summed E-state index contributed by atoms with van der Waals surface area (Å²) in [6.07, 6.45) is 2.15. The average Bonchev–Trinajstić information content (AvgIpc) is 2.85. The fourth-order valence-electron chi connectivity index (χ4n) is 3.14. The summed E-state index contributed by atoms with van der Waals surface area (Å²) in [4.78, 5) is 4.55. The van der Waals surface area contributed by atoms with Gasteiger partial charge in [-0.1, -0.05) is 18.2 Å². The van der Waals surface area contributed by atoms with Crippen molar-refractivity contribution in [2.75, 3.05) is 11.9 Å². The minimum Gasteiger partial charge on any atom is -0.385 e. The van der Waals surface area contributed by atoms with Crippen molar-refractivity contribution in [3.8, 4) is 11.4 Å². The van der Waals surface area contributed by atoms with Crippen molar-refractivity contribution in [2.24, 2.45) is 7.05 Å². The first kappa shape index (κ1) is 12.4. The molecule has 0 fully saturated rings. The second-order valence-electron chi connectivity index (χ2n) is 5.46. The molecular formula is C17H16FN3. The Morgan fingerprint density at radius 3 is 2.90 bits per heavy atom. The lowest BCUT2D eigenvalue weighted by atomic mass is 9.97. The molecule has 0 aliphatic carbocycles. The molecule has 2 aromatic carbocycles. The van der Waals surface area contributed by atoms with Crippen molar-refractivity contribution < 1.29 is 4.39 Å². The van der Waals surface area contributed by atoms with E-state index in [9.17, 15) is 4.39 Å². The Hall–Kier alpha value is -2.36. The monoisotopic (exact) mass is 281 g/mol. The zero-order valence-electron chi connectivity index (χ0n) is 11.9. The minimum atomic E-state index is -0.266. The Kier molecular flexibility index (Phi) is 2.70. The van der Waals surface area contributed by atoms with Gasteiger partial charge in [-0.05, 0) is 36.6 Å². The zero-order chi connectivity index (χ0) is 14.4. The number of hydrogen-bond acceptors (Lipinski definition) is 2. The SMILES string of the molecule is Cn1c(-c2cccc3c2CCCN3)nc2c(F)cccc21. The van der Waals surface area contributed by atoms with Crippen LogP contribution < -0.4 is 5.32 Å². The Morgan fingerprint density at radius 2 is 2.05 bits per heavy atom. The molecule has 1 N–H and O–H groups in total. The van der Waals surface area contributed by atoms with Gasteiger partial charge >= 0.3 is 0 Å². The van der Waals surface area contributed by atoms with Gasteiger partial charge in [0.2, 0.25) is 0 Å². The molecule has 1 aliphatic heterocycles. The molecule has 0 spiro atoms. The van der Waals surface area contributed by atoms with Crippen LogP contribution >= 0.6 is 0 Å². The van der Waals surface area contributed by atoms with E-state index in [4.69, 9.17) is 0 Å². The normalized spacial score (nSPS) is 14.0. The van der Waals surface area contributed by atoms with Crippen LogP contribution in [-0.4, -0.2) is 16.1 Å². The van der Waals surface area contributed by atoms with Crippen LogP contribution in [0.3, 0.4) is 0 Å².